The summed E-state index contributed by atoms with van der Waals surface area (Å²) in [6.07, 6.45) is -3.67. The van der Waals surface area contributed by atoms with Crippen LogP contribution < -0.4 is 9.47 Å². The van der Waals surface area contributed by atoms with Gasteiger partial charge < -0.3 is 29.9 Å². The van der Waals surface area contributed by atoms with E-state index < -0.39 is 12.3 Å². The van der Waals surface area contributed by atoms with Gasteiger partial charge in [-0.3, -0.25) is 0 Å². The van der Waals surface area contributed by atoms with Crippen LogP contribution in [0, 0.1) is 0 Å². The molecule has 0 atom stereocenters. The summed E-state index contributed by atoms with van der Waals surface area (Å²) in [6, 6.07) is 7.63. The normalized spacial score (nSPS) is 10.1. The lowest BCUT2D eigenvalue weighted by Gasteiger charge is -1.89. The first kappa shape index (κ1) is 14.4. The highest BCUT2D eigenvalue weighted by atomic mass is 16.7. The second-order valence-electron chi connectivity index (χ2n) is 2.42. The van der Waals surface area contributed by atoms with Gasteiger partial charge >= 0.3 is 12.3 Å². The Kier molecular flexibility index (Phi) is 6.44. The van der Waals surface area contributed by atoms with Crippen LogP contribution in [0.3, 0.4) is 0 Å². The summed E-state index contributed by atoms with van der Waals surface area (Å²) in [4.78, 5) is 17.1. The van der Waals surface area contributed by atoms with Crippen LogP contribution in [0.4, 0.5) is 9.59 Å². The van der Waals surface area contributed by atoms with Crippen LogP contribution in [-0.2, 0) is 0 Å². The van der Waals surface area contributed by atoms with Crippen LogP contribution in [0.15, 0.2) is 24.3 Å². The molecule has 0 spiro atoms. The molecule has 0 bridgehead atoms. The zero-order valence-corrected chi connectivity index (χ0v) is 8.44. The van der Waals surface area contributed by atoms with Gasteiger partial charge in [-0.15, -0.1) is 0 Å². The van der Waals surface area contributed by atoms with Gasteiger partial charge in [-0.2, -0.15) is 0 Å². The van der Waals surface area contributed by atoms with Crippen molar-refractivity contribution in [2.24, 2.45) is 0 Å². The Hall–Kier alpha value is -2.64. The fourth-order valence-corrected chi connectivity index (χ4v) is 0.845. The molecular weight excluding hydrogens is 236 g/mol. The third-order valence-electron chi connectivity index (χ3n) is 1.28. The minimum atomic E-state index is -1.83. The quantitative estimate of drug-likeness (QED) is 0.545. The number of rotatable bonds is 0. The standard InChI is InChI=1S/C7H6O2.2CH2O3/c1-2-4-7-6(3-1)8-5-9-7;2*2-1(3)4/h1-4H,5H2;2*(H2,2,3,4). The highest BCUT2D eigenvalue weighted by Gasteiger charge is 2.09. The molecule has 0 unspecified atom stereocenters. The molecule has 94 valence electrons. The first-order chi connectivity index (χ1) is 7.93. The van der Waals surface area contributed by atoms with Gasteiger partial charge in [-0.1, -0.05) is 12.1 Å². The van der Waals surface area contributed by atoms with Crippen molar-refractivity contribution in [1.29, 1.82) is 0 Å². The third-order valence-corrected chi connectivity index (χ3v) is 1.28. The number of para-hydroxylation sites is 2. The van der Waals surface area contributed by atoms with Crippen LogP contribution in [0.25, 0.3) is 0 Å². The fourth-order valence-electron chi connectivity index (χ4n) is 0.845. The van der Waals surface area contributed by atoms with Crippen molar-refractivity contribution < 1.29 is 39.5 Å². The molecule has 2 rings (SSSR count). The predicted octanol–water partition coefficient (Wildman–Crippen LogP) is 1.86. The molecule has 0 radical (unpaired) electrons. The molecule has 0 aromatic heterocycles. The molecule has 8 heteroatoms. The summed E-state index contributed by atoms with van der Waals surface area (Å²) in [5.74, 6) is 1.69. The van der Waals surface area contributed by atoms with Crippen LogP contribution >= 0.6 is 0 Å². The summed E-state index contributed by atoms with van der Waals surface area (Å²) in [7, 11) is 0. The molecule has 1 aromatic rings. The third kappa shape index (κ3) is 8.36. The van der Waals surface area contributed by atoms with E-state index in [1.807, 2.05) is 24.3 Å². The van der Waals surface area contributed by atoms with Crippen molar-refractivity contribution in [3.63, 3.8) is 0 Å². The van der Waals surface area contributed by atoms with Crippen molar-refractivity contribution in [1.82, 2.24) is 0 Å². The van der Waals surface area contributed by atoms with Crippen LogP contribution in [0.1, 0.15) is 0 Å². The largest absolute Gasteiger partial charge is 0.503 e. The maximum Gasteiger partial charge on any atom is 0.503 e. The summed E-state index contributed by atoms with van der Waals surface area (Å²) < 4.78 is 10.2. The van der Waals surface area contributed by atoms with Gasteiger partial charge in [-0.25, -0.2) is 9.59 Å². The van der Waals surface area contributed by atoms with E-state index in [0.29, 0.717) is 6.79 Å². The summed E-state index contributed by atoms with van der Waals surface area (Å²) in [5, 5.41) is 27.9. The van der Waals surface area contributed by atoms with E-state index in [2.05, 4.69) is 0 Å². The lowest BCUT2D eigenvalue weighted by atomic mass is 10.3. The Morgan fingerprint density at radius 1 is 0.882 bits per heavy atom. The topological polar surface area (TPSA) is 134 Å². The predicted molar refractivity (Wildman–Crippen MR) is 53.9 cm³/mol. The maximum atomic E-state index is 8.56. The van der Waals surface area contributed by atoms with Gasteiger partial charge in [0.05, 0.1) is 0 Å². The van der Waals surface area contributed by atoms with Crippen molar-refractivity contribution in [2.45, 2.75) is 0 Å². The summed E-state index contributed by atoms with van der Waals surface area (Å²) in [5.41, 5.74) is 0. The van der Waals surface area contributed by atoms with Crippen molar-refractivity contribution in [3.05, 3.63) is 24.3 Å². The number of benzene rings is 1. The first-order valence-corrected chi connectivity index (χ1v) is 4.12. The molecule has 17 heavy (non-hydrogen) atoms. The number of fused-ring (bicyclic) bond motifs is 1. The second kappa shape index (κ2) is 7.63. The van der Waals surface area contributed by atoms with E-state index in [1.165, 1.54) is 0 Å². The minimum Gasteiger partial charge on any atom is -0.454 e. The number of ether oxygens (including phenoxy) is 2. The lowest BCUT2D eigenvalue weighted by molar-refractivity contribution is 0.135. The van der Waals surface area contributed by atoms with Crippen molar-refractivity contribution in [2.75, 3.05) is 6.79 Å². The molecule has 0 saturated carbocycles. The van der Waals surface area contributed by atoms with Crippen LogP contribution in [0.5, 0.6) is 11.5 Å². The molecule has 0 fully saturated rings. The van der Waals surface area contributed by atoms with Crippen LogP contribution in [-0.4, -0.2) is 39.5 Å². The Bertz CT molecular complexity index is 332. The number of hydrogen-bond donors (Lipinski definition) is 4. The summed E-state index contributed by atoms with van der Waals surface area (Å²) >= 11 is 0. The molecule has 1 aliphatic rings. The average molecular weight is 246 g/mol. The molecular formula is C9H10O8. The van der Waals surface area contributed by atoms with E-state index in [4.69, 9.17) is 39.5 Å². The molecule has 8 nitrogen and oxygen atoms in total. The maximum absolute atomic E-state index is 8.56. The number of carbonyl (C=O) groups is 2. The molecule has 4 N–H and O–H groups in total. The Balaban J connectivity index is 0.000000274. The Morgan fingerprint density at radius 3 is 1.47 bits per heavy atom. The first-order valence-electron chi connectivity index (χ1n) is 4.12. The van der Waals surface area contributed by atoms with Gasteiger partial charge in [0.2, 0.25) is 6.79 Å². The van der Waals surface area contributed by atoms with Crippen molar-refractivity contribution >= 4 is 12.3 Å². The molecule has 0 aliphatic carbocycles. The minimum absolute atomic E-state index is 0.360. The van der Waals surface area contributed by atoms with Gasteiger partial charge in [0.1, 0.15) is 0 Å². The monoisotopic (exact) mass is 246 g/mol. The number of hydrogen-bond acceptors (Lipinski definition) is 4. The highest BCUT2D eigenvalue weighted by molar-refractivity contribution is 5.53. The summed E-state index contributed by atoms with van der Waals surface area (Å²) in [6.45, 7) is 0.360. The zero-order chi connectivity index (χ0) is 13.3. The highest BCUT2D eigenvalue weighted by Crippen LogP contribution is 2.30. The molecule has 0 amide bonds. The van der Waals surface area contributed by atoms with E-state index >= 15 is 0 Å². The van der Waals surface area contributed by atoms with E-state index in [1.54, 1.807) is 0 Å². The van der Waals surface area contributed by atoms with Gasteiger partial charge in [-0.05, 0) is 12.1 Å². The van der Waals surface area contributed by atoms with E-state index in [9.17, 15) is 0 Å². The van der Waals surface area contributed by atoms with Gasteiger partial charge in [0.25, 0.3) is 0 Å². The van der Waals surface area contributed by atoms with E-state index in [0.717, 1.165) is 11.5 Å². The average Bonchev–Trinajstić information content (AvgIpc) is 2.62. The van der Waals surface area contributed by atoms with Gasteiger partial charge in [0, 0.05) is 0 Å². The SMILES string of the molecule is O=C(O)O.O=C(O)O.c1ccc2c(c1)OCO2. The van der Waals surface area contributed by atoms with Crippen LogP contribution in [0.2, 0.25) is 0 Å². The zero-order valence-electron chi connectivity index (χ0n) is 8.44. The Labute approximate surface area is 95.3 Å². The second-order valence-corrected chi connectivity index (χ2v) is 2.42. The number of carboxylic acid groups (broad SMARTS) is 4. The molecule has 1 aliphatic heterocycles. The van der Waals surface area contributed by atoms with Crippen molar-refractivity contribution in [3.8, 4) is 11.5 Å². The van der Waals surface area contributed by atoms with Gasteiger partial charge in [0.15, 0.2) is 11.5 Å². The fraction of sp³-hybridized carbons (Fsp3) is 0.111. The Morgan fingerprint density at radius 2 is 1.18 bits per heavy atom. The lowest BCUT2D eigenvalue weighted by Crippen LogP contribution is -1.92. The molecule has 1 aromatic carbocycles. The van der Waals surface area contributed by atoms with E-state index in [-0.39, 0.29) is 0 Å². The molecule has 1 heterocycles. The smallest absolute Gasteiger partial charge is 0.454 e. The molecule has 0 saturated heterocycles.